The summed E-state index contributed by atoms with van der Waals surface area (Å²) < 4.78 is 15.8. The minimum Gasteiger partial charge on any atom is -0.350 e. The minimum absolute atomic E-state index is 0.0461. The van der Waals surface area contributed by atoms with E-state index in [0.717, 1.165) is 41.1 Å². The molecule has 2 aliphatic rings. The number of amides is 1. The van der Waals surface area contributed by atoms with Crippen molar-refractivity contribution >= 4 is 16.8 Å². The number of aromatic amines is 1. The summed E-state index contributed by atoms with van der Waals surface area (Å²) in [5.74, 6) is 1.59. The molecule has 1 amide bonds. The SMILES string of the molecule is Cc1c(C(=O)N2CCc3nnc([C@H]4CCCCN4)n3CC2)[nH]c2ccc(F)cc12. The van der Waals surface area contributed by atoms with Crippen molar-refractivity contribution in [2.75, 3.05) is 19.6 Å². The van der Waals surface area contributed by atoms with Crippen LogP contribution in [-0.2, 0) is 13.0 Å². The highest BCUT2D eigenvalue weighted by Crippen LogP contribution is 2.26. The molecule has 7 nitrogen and oxygen atoms in total. The van der Waals surface area contributed by atoms with Crippen LogP contribution in [0.4, 0.5) is 4.39 Å². The van der Waals surface area contributed by atoms with Crippen molar-refractivity contribution in [2.45, 2.75) is 45.2 Å². The Morgan fingerprint density at radius 2 is 2.10 bits per heavy atom. The number of aryl methyl sites for hydroxylation is 1. The van der Waals surface area contributed by atoms with E-state index < -0.39 is 0 Å². The third kappa shape index (κ3) is 3.21. The van der Waals surface area contributed by atoms with Crippen LogP contribution in [-0.4, -0.2) is 50.2 Å². The normalized spacial score (nSPS) is 19.9. The molecule has 3 aromatic rings. The first-order chi connectivity index (χ1) is 14.1. The summed E-state index contributed by atoms with van der Waals surface area (Å²) in [5.41, 5.74) is 2.11. The summed E-state index contributed by atoms with van der Waals surface area (Å²) in [6, 6.07) is 4.82. The van der Waals surface area contributed by atoms with Crippen LogP contribution >= 0.6 is 0 Å². The van der Waals surface area contributed by atoms with E-state index in [2.05, 4.69) is 25.1 Å². The second kappa shape index (κ2) is 7.26. The standard InChI is InChI=1S/C21H25FN6O/c1-13-15-12-14(22)5-6-16(15)24-19(13)21(29)27-9-7-18-25-26-20(28(18)11-10-27)17-4-2-3-8-23-17/h5-6,12,17,23-24H,2-4,7-11H2,1H3/t17-/m1/s1. The van der Waals surface area contributed by atoms with Crippen LogP contribution < -0.4 is 5.32 Å². The van der Waals surface area contributed by atoms with Gasteiger partial charge in [-0.2, -0.15) is 0 Å². The van der Waals surface area contributed by atoms with Crippen molar-refractivity contribution in [3.8, 4) is 0 Å². The molecule has 0 aliphatic carbocycles. The Morgan fingerprint density at radius 3 is 2.93 bits per heavy atom. The van der Waals surface area contributed by atoms with Gasteiger partial charge in [0.25, 0.3) is 5.91 Å². The molecule has 5 rings (SSSR count). The van der Waals surface area contributed by atoms with Gasteiger partial charge in [0.1, 0.15) is 23.2 Å². The van der Waals surface area contributed by atoms with E-state index in [0.29, 0.717) is 31.7 Å². The Hall–Kier alpha value is -2.74. The zero-order valence-electron chi connectivity index (χ0n) is 16.5. The molecule has 0 spiro atoms. The van der Waals surface area contributed by atoms with Crippen molar-refractivity contribution in [2.24, 2.45) is 0 Å². The number of hydrogen-bond acceptors (Lipinski definition) is 4. The maximum absolute atomic E-state index is 13.6. The maximum atomic E-state index is 13.6. The molecular weight excluding hydrogens is 371 g/mol. The summed E-state index contributed by atoms with van der Waals surface area (Å²) in [6.45, 7) is 4.77. The average molecular weight is 396 g/mol. The molecule has 8 heteroatoms. The monoisotopic (exact) mass is 396 g/mol. The van der Waals surface area contributed by atoms with E-state index in [1.54, 1.807) is 6.07 Å². The number of aromatic nitrogens is 4. The third-order valence-electron chi connectivity index (χ3n) is 6.20. The third-order valence-corrected chi connectivity index (χ3v) is 6.20. The van der Waals surface area contributed by atoms with Gasteiger partial charge in [-0.1, -0.05) is 6.42 Å². The van der Waals surface area contributed by atoms with Crippen molar-refractivity contribution in [1.29, 1.82) is 0 Å². The van der Waals surface area contributed by atoms with Crippen molar-refractivity contribution in [1.82, 2.24) is 30.0 Å². The number of nitrogens with zero attached hydrogens (tertiary/aromatic N) is 4. The molecule has 4 heterocycles. The number of carbonyl (C=O) groups is 1. The average Bonchev–Trinajstić information content (AvgIpc) is 3.22. The lowest BCUT2D eigenvalue weighted by atomic mass is 10.0. The molecule has 0 bridgehead atoms. The number of carbonyl (C=O) groups excluding carboxylic acids is 1. The molecule has 1 aromatic carbocycles. The number of rotatable bonds is 2. The Morgan fingerprint density at radius 1 is 1.21 bits per heavy atom. The first-order valence-electron chi connectivity index (χ1n) is 10.3. The van der Waals surface area contributed by atoms with E-state index in [9.17, 15) is 9.18 Å². The molecule has 0 saturated carbocycles. The Kier molecular flexibility index (Phi) is 4.58. The summed E-state index contributed by atoms with van der Waals surface area (Å²) >= 11 is 0. The number of benzene rings is 1. The number of halogens is 1. The largest absolute Gasteiger partial charge is 0.350 e. The van der Waals surface area contributed by atoms with Crippen LogP contribution in [0.2, 0.25) is 0 Å². The van der Waals surface area contributed by atoms with Crippen LogP contribution in [0.15, 0.2) is 18.2 Å². The summed E-state index contributed by atoms with van der Waals surface area (Å²) in [4.78, 5) is 18.3. The van der Waals surface area contributed by atoms with E-state index in [4.69, 9.17) is 0 Å². The van der Waals surface area contributed by atoms with Gasteiger partial charge in [-0.25, -0.2) is 4.39 Å². The minimum atomic E-state index is -0.296. The topological polar surface area (TPSA) is 78.8 Å². The number of hydrogen-bond donors (Lipinski definition) is 2. The second-order valence-corrected chi connectivity index (χ2v) is 7.99. The molecule has 0 radical (unpaired) electrons. The van der Waals surface area contributed by atoms with E-state index >= 15 is 0 Å². The molecule has 29 heavy (non-hydrogen) atoms. The number of H-pyrrole nitrogens is 1. The van der Waals surface area contributed by atoms with Gasteiger partial charge in [0, 0.05) is 37.0 Å². The molecule has 1 saturated heterocycles. The number of piperidine rings is 1. The second-order valence-electron chi connectivity index (χ2n) is 7.99. The first kappa shape index (κ1) is 18.3. The van der Waals surface area contributed by atoms with Crippen LogP contribution in [0.25, 0.3) is 10.9 Å². The van der Waals surface area contributed by atoms with Gasteiger partial charge in [-0.15, -0.1) is 10.2 Å². The van der Waals surface area contributed by atoms with Crippen molar-refractivity contribution in [3.05, 3.63) is 46.9 Å². The van der Waals surface area contributed by atoms with Crippen LogP contribution in [0.5, 0.6) is 0 Å². The van der Waals surface area contributed by atoms with Gasteiger partial charge in [0.05, 0.1) is 6.04 Å². The summed E-state index contributed by atoms with van der Waals surface area (Å²) in [6.07, 6.45) is 4.16. The van der Waals surface area contributed by atoms with Gasteiger partial charge in [-0.3, -0.25) is 4.79 Å². The maximum Gasteiger partial charge on any atom is 0.270 e. The lowest BCUT2D eigenvalue weighted by Gasteiger charge is -2.24. The Bertz CT molecular complexity index is 1060. The van der Waals surface area contributed by atoms with Gasteiger partial charge < -0.3 is 19.8 Å². The first-order valence-corrected chi connectivity index (χ1v) is 10.3. The summed E-state index contributed by atoms with van der Waals surface area (Å²) in [7, 11) is 0. The highest BCUT2D eigenvalue weighted by molar-refractivity contribution is 6.00. The van der Waals surface area contributed by atoms with Gasteiger partial charge in [-0.05, 0) is 50.1 Å². The zero-order chi connectivity index (χ0) is 20.0. The molecular formula is C21H25FN6O. The smallest absolute Gasteiger partial charge is 0.270 e. The zero-order valence-corrected chi connectivity index (χ0v) is 16.5. The highest BCUT2D eigenvalue weighted by Gasteiger charge is 2.28. The molecule has 2 aromatic heterocycles. The molecule has 152 valence electrons. The van der Waals surface area contributed by atoms with E-state index in [1.165, 1.54) is 25.0 Å². The van der Waals surface area contributed by atoms with Crippen LogP contribution in [0, 0.1) is 12.7 Å². The van der Waals surface area contributed by atoms with Gasteiger partial charge >= 0.3 is 0 Å². The fourth-order valence-corrected chi connectivity index (χ4v) is 4.55. The lowest BCUT2D eigenvalue weighted by molar-refractivity contribution is 0.0753. The predicted molar refractivity (Wildman–Crippen MR) is 107 cm³/mol. The van der Waals surface area contributed by atoms with E-state index in [1.807, 2.05) is 11.8 Å². The van der Waals surface area contributed by atoms with Crippen LogP contribution in [0.1, 0.15) is 53.0 Å². The quantitative estimate of drug-likeness (QED) is 0.698. The lowest BCUT2D eigenvalue weighted by Crippen LogP contribution is -2.35. The predicted octanol–water partition coefficient (Wildman–Crippen LogP) is 2.72. The number of fused-ring (bicyclic) bond motifs is 2. The Labute approximate surface area is 168 Å². The van der Waals surface area contributed by atoms with E-state index in [-0.39, 0.29) is 17.8 Å². The highest BCUT2D eigenvalue weighted by atomic mass is 19.1. The van der Waals surface area contributed by atoms with Crippen LogP contribution in [0.3, 0.4) is 0 Å². The fourth-order valence-electron chi connectivity index (χ4n) is 4.55. The molecule has 2 aliphatic heterocycles. The number of nitrogens with one attached hydrogen (secondary N) is 2. The Balaban J connectivity index is 1.38. The molecule has 1 atom stereocenters. The van der Waals surface area contributed by atoms with Gasteiger partial charge in [0.2, 0.25) is 0 Å². The van der Waals surface area contributed by atoms with Crippen molar-refractivity contribution < 1.29 is 9.18 Å². The molecule has 0 unspecified atom stereocenters. The molecule has 1 fully saturated rings. The summed E-state index contributed by atoms with van der Waals surface area (Å²) in [5, 5.41) is 13.1. The molecule has 2 N–H and O–H groups in total. The van der Waals surface area contributed by atoms with Gasteiger partial charge in [0.15, 0.2) is 0 Å². The van der Waals surface area contributed by atoms with Crippen molar-refractivity contribution in [3.63, 3.8) is 0 Å². The fraction of sp³-hybridized carbons (Fsp3) is 0.476.